The van der Waals surface area contributed by atoms with E-state index in [1.165, 1.54) is 12.2 Å². The Morgan fingerprint density at radius 1 is 1.50 bits per heavy atom. The van der Waals surface area contributed by atoms with Crippen LogP contribution in [0.1, 0.15) is 20.3 Å². The molecule has 1 rings (SSSR count). The minimum Gasteiger partial charge on any atom is -0.151 e. The van der Waals surface area contributed by atoms with Gasteiger partial charge in [0.25, 0.3) is 0 Å². The Bertz CT molecular complexity index is 158. The van der Waals surface area contributed by atoms with Crippen LogP contribution in [-0.4, -0.2) is 10.5 Å². The predicted octanol–water partition coefficient (Wildman–Crippen LogP) is 3.01. The molecule has 1 aliphatic rings. The molecule has 0 aromatic carbocycles. The molecule has 1 atom stereocenters. The van der Waals surface area contributed by atoms with Gasteiger partial charge >= 0.3 is 0 Å². The molecule has 0 amide bonds. The molecule has 0 N–H and O–H groups in total. The zero-order valence-electron chi connectivity index (χ0n) is 6.63. The number of hydrogen-bond donors (Lipinski definition) is 0. The van der Waals surface area contributed by atoms with E-state index in [1.54, 1.807) is 0 Å². The molecular weight excluding hydrogens is 140 g/mol. The molecule has 0 saturated carbocycles. The van der Waals surface area contributed by atoms with Gasteiger partial charge in [0.15, 0.2) is 0 Å². The molecule has 1 aliphatic carbocycles. The molecule has 0 fully saturated rings. The van der Waals surface area contributed by atoms with Crippen LogP contribution in [0.3, 0.4) is 0 Å². The Morgan fingerprint density at radius 3 is 2.80 bits per heavy atom. The van der Waals surface area contributed by atoms with Crippen molar-refractivity contribution >= 4 is 11.8 Å². The molecule has 1 unspecified atom stereocenters. The van der Waals surface area contributed by atoms with Crippen molar-refractivity contribution in [3.63, 3.8) is 0 Å². The van der Waals surface area contributed by atoms with Crippen molar-refractivity contribution in [3.8, 4) is 0 Å². The van der Waals surface area contributed by atoms with Crippen LogP contribution < -0.4 is 0 Å². The third kappa shape index (κ3) is 1.91. The van der Waals surface area contributed by atoms with Crippen molar-refractivity contribution in [2.24, 2.45) is 0 Å². The first-order valence-corrected chi connectivity index (χ1v) is 4.74. The molecule has 0 heterocycles. The minimum atomic E-state index is 0.378. The predicted molar refractivity (Wildman–Crippen MR) is 49.4 cm³/mol. The smallest absolute Gasteiger partial charge is 0.0348 e. The molecule has 0 nitrogen and oxygen atoms in total. The van der Waals surface area contributed by atoms with Gasteiger partial charge in [0.05, 0.1) is 0 Å². The maximum atomic E-state index is 2.29. The molecule has 1 heteroatoms. The highest BCUT2D eigenvalue weighted by Gasteiger charge is 2.19. The van der Waals surface area contributed by atoms with Gasteiger partial charge in [-0.05, 0) is 19.1 Å². The summed E-state index contributed by atoms with van der Waals surface area (Å²) in [5.41, 5.74) is 0. The van der Waals surface area contributed by atoms with Crippen LogP contribution in [-0.2, 0) is 0 Å². The lowest BCUT2D eigenvalue weighted by Gasteiger charge is -2.24. The molecule has 0 radical (unpaired) electrons. The van der Waals surface area contributed by atoms with Gasteiger partial charge in [-0.15, -0.1) is 0 Å². The molecule has 56 valence electrons. The minimum absolute atomic E-state index is 0.378. The molecule has 0 saturated heterocycles. The zero-order chi connectivity index (χ0) is 7.45. The number of hydrogen-bond acceptors (Lipinski definition) is 1. The van der Waals surface area contributed by atoms with E-state index in [9.17, 15) is 0 Å². The second-order valence-corrected chi connectivity index (χ2v) is 4.54. The summed E-state index contributed by atoms with van der Waals surface area (Å²) in [4.78, 5) is 0. The SMILES string of the molecule is CCSC1(C)C=CC=CC1. The first-order valence-electron chi connectivity index (χ1n) is 3.75. The lowest BCUT2D eigenvalue weighted by atomic mass is 10.0. The first-order chi connectivity index (χ1) is 4.77. The fourth-order valence-corrected chi connectivity index (χ4v) is 2.19. The van der Waals surface area contributed by atoms with Crippen LogP contribution >= 0.6 is 11.8 Å². The Hall–Kier alpha value is -0.170. The second kappa shape index (κ2) is 3.29. The molecule has 0 aromatic heterocycles. The van der Waals surface area contributed by atoms with Gasteiger partial charge in [-0.3, -0.25) is 0 Å². The van der Waals surface area contributed by atoms with E-state index >= 15 is 0 Å². The van der Waals surface area contributed by atoms with Crippen molar-refractivity contribution < 1.29 is 0 Å². The van der Waals surface area contributed by atoms with Crippen LogP contribution in [0.5, 0.6) is 0 Å². The van der Waals surface area contributed by atoms with Gasteiger partial charge in [-0.2, -0.15) is 11.8 Å². The molecule has 0 spiro atoms. The Balaban J connectivity index is 2.52. The molecular formula is C9H14S. The topological polar surface area (TPSA) is 0 Å². The van der Waals surface area contributed by atoms with Crippen molar-refractivity contribution in [1.82, 2.24) is 0 Å². The lowest BCUT2D eigenvalue weighted by Crippen LogP contribution is -2.17. The van der Waals surface area contributed by atoms with Gasteiger partial charge in [0.1, 0.15) is 0 Å². The van der Waals surface area contributed by atoms with Crippen LogP contribution in [0, 0.1) is 0 Å². The van der Waals surface area contributed by atoms with E-state index in [2.05, 4.69) is 38.2 Å². The number of thioether (sulfide) groups is 1. The lowest BCUT2D eigenvalue weighted by molar-refractivity contribution is 0.797. The maximum Gasteiger partial charge on any atom is 0.0348 e. The second-order valence-electron chi connectivity index (χ2n) is 2.74. The largest absolute Gasteiger partial charge is 0.151 e. The van der Waals surface area contributed by atoms with Crippen LogP contribution in [0.15, 0.2) is 24.3 Å². The summed E-state index contributed by atoms with van der Waals surface area (Å²) in [6.07, 6.45) is 9.98. The zero-order valence-corrected chi connectivity index (χ0v) is 7.45. The highest BCUT2D eigenvalue weighted by atomic mass is 32.2. The van der Waals surface area contributed by atoms with Crippen LogP contribution in [0.2, 0.25) is 0 Å². The summed E-state index contributed by atoms with van der Waals surface area (Å²) in [7, 11) is 0. The summed E-state index contributed by atoms with van der Waals surface area (Å²) in [5, 5.41) is 0. The van der Waals surface area contributed by atoms with Crippen molar-refractivity contribution in [2.45, 2.75) is 25.0 Å². The Kier molecular flexibility index (Phi) is 2.61. The highest BCUT2D eigenvalue weighted by molar-refractivity contribution is 8.00. The third-order valence-corrected chi connectivity index (χ3v) is 2.94. The Morgan fingerprint density at radius 2 is 2.30 bits per heavy atom. The summed E-state index contributed by atoms with van der Waals surface area (Å²) in [5.74, 6) is 1.20. The highest BCUT2D eigenvalue weighted by Crippen LogP contribution is 2.32. The summed E-state index contributed by atoms with van der Waals surface area (Å²) in [6.45, 7) is 4.50. The maximum absolute atomic E-state index is 2.29. The average molecular weight is 154 g/mol. The van der Waals surface area contributed by atoms with Crippen LogP contribution in [0.4, 0.5) is 0 Å². The van der Waals surface area contributed by atoms with E-state index in [1.807, 2.05) is 11.8 Å². The van der Waals surface area contributed by atoms with E-state index in [0.717, 1.165) is 0 Å². The normalized spacial score (nSPS) is 31.0. The van der Waals surface area contributed by atoms with Gasteiger partial charge in [-0.25, -0.2) is 0 Å². The van der Waals surface area contributed by atoms with Gasteiger partial charge in [0.2, 0.25) is 0 Å². The number of rotatable bonds is 2. The fraction of sp³-hybridized carbons (Fsp3) is 0.556. The monoisotopic (exact) mass is 154 g/mol. The summed E-state index contributed by atoms with van der Waals surface area (Å²) < 4.78 is 0.378. The van der Waals surface area contributed by atoms with Crippen molar-refractivity contribution in [1.29, 1.82) is 0 Å². The molecule has 10 heavy (non-hydrogen) atoms. The molecule has 0 aromatic rings. The van der Waals surface area contributed by atoms with Gasteiger partial charge in [0, 0.05) is 4.75 Å². The van der Waals surface area contributed by atoms with E-state index in [4.69, 9.17) is 0 Å². The van der Waals surface area contributed by atoms with E-state index in [-0.39, 0.29) is 0 Å². The summed E-state index contributed by atoms with van der Waals surface area (Å²) >= 11 is 2.02. The standard InChI is InChI=1S/C9H14S/c1-3-10-9(2)7-5-4-6-8-9/h4-7H,3,8H2,1-2H3. The van der Waals surface area contributed by atoms with Crippen LogP contribution in [0.25, 0.3) is 0 Å². The molecule has 0 aliphatic heterocycles. The molecule has 0 bridgehead atoms. The fourth-order valence-electron chi connectivity index (χ4n) is 1.14. The van der Waals surface area contributed by atoms with Gasteiger partial charge in [-0.1, -0.05) is 31.2 Å². The van der Waals surface area contributed by atoms with Crippen molar-refractivity contribution in [3.05, 3.63) is 24.3 Å². The van der Waals surface area contributed by atoms with Crippen molar-refractivity contribution in [2.75, 3.05) is 5.75 Å². The summed E-state index contributed by atoms with van der Waals surface area (Å²) in [6, 6.07) is 0. The van der Waals surface area contributed by atoms with E-state index < -0.39 is 0 Å². The third-order valence-electron chi connectivity index (χ3n) is 1.69. The quantitative estimate of drug-likeness (QED) is 0.589. The number of allylic oxidation sites excluding steroid dienone is 3. The van der Waals surface area contributed by atoms with Gasteiger partial charge < -0.3 is 0 Å². The average Bonchev–Trinajstić information content (AvgIpc) is 1.89. The van der Waals surface area contributed by atoms with E-state index in [0.29, 0.717) is 4.75 Å². The Labute approximate surface area is 67.4 Å². The first kappa shape index (κ1) is 7.93.